The molecule has 0 radical (unpaired) electrons. The number of carbonyl (C=O) groups excluding carboxylic acids is 2. The summed E-state index contributed by atoms with van der Waals surface area (Å²) >= 11 is 0. The minimum absolute atomic E-state index is 0.145. The van der Waals surface area contributed by atoms with E-state index in [1.165, 1.54) is 0 Å². The number of amides is 1. The smallest absolute Gasteiger partial charge is 0.307 e. The minimum atomic E-state index is -0.617. The van der Waals surface area contributed by atoms with Gasteiger partial charge in [-0.25, -0.2) is 0 Å². The highest BCUT2D eigenvalue weighted by Gasteiger charge is 2.53. The molecule has 6 heteroatoms. The third-order valence-electron chi connectivity index (χ3n) is 5.91. The van der Waals surface area contributed by atoms with Crippen LogP contribution in [0.5, 0.6) is 0 Å². The monoisotopic (exact) mass is 367 g/mol. The molecule has 2 aromatic rings. The zero-order chi connectivity index (χ0) is 19.0. The van der Waals surface area contributed by atoms with Gasteiger partial charge in [0.15, 0.2) is 0 Å². The molecule has 1 aromatic carbocycles. The standard InChI is InChI=1S/C21H25N3O3/c1-14-18(15-9-5-3-6-10-15)23-24(2)19(14)22-20(26)16-13-17(25)27-21(16)11-7-4-8-12-21/h3,5-6,9-10,16H,4,7-8,11-13H2,1-2H3,(H,22,26). The van der Waals surface area contributed by atoms with E-state index >= 15 is 0 Å². The molecular weight excluding hydrogens is 342 g/mol. The van der Waals surface area contributed by atoms with Gasteiger partial charge in [-0.2, -0.15) is 5.10 Å². The van der Waals surface area contributed by atoms with Crippen LogP contribution in [0.4, 0.5) is 5.82 Å². The Kier molecular flexibility index (Phi) is 4.50. The summed E-state index contributed by atoms with van der Waals surface area (Å²) in [4.78, 5) is 25.1. The van der Waals surface area contributed by atoms with Gasteiger partial charge >= 0.3 is 5.97 Å². The van der Waals surface area contributed by atoms with Crippen LogP contribution in [0.1, 0.15) is 44.1 Å². The number of hydrogen-bond donors (Lipinski definition) is 1. The summed E-state index contributed by atoms with van der Waals surface area (Å²) in [5, 5.41) is 7.61. The minimum Gasteiger partial charge on any atom is -0.458 e. The molecule has 2 heterocycles. The first-order valence-corrected chi connectivity index (χ1v) is 9.62. The first-order chi connectivity index (χ1) is 13.0. The van der Waals surface area contributed by atoms with Gasteiger partial charge in [0.2, 0.25) is 5.91 Å². The van der Waals surface area contributed by atoms with E-state index in [4.69, 9.17) is 4.74 Å². The molecule has 0 bridgehead atoms. The lowest BCUT2D eigenvalue weighted by molar-refractivity contribution is -0.153. The van der Waals surface area contributed by atoms with Crippen LogP contribution < -0.4 is 5.32 Å². The van der Waals surface area contributed by atoms with Gasteiger partial charge < -0.3 is 10.1 Å². The van der Waals surface area contributed by atoms with Crippen LogP contribution in [-0.4, -0.2) is 27.3 Å². The number of rotatable bonds is 3. The maximum atomic E-state index is 13.1. The lowest BCUT2D eigenvalue weighted by atomic mass is 9.75. The fourth-order valence-electron chi connectivity index (χ4n) is 4.50. The van der Waals surface area contributed by atoms with Crippen LogP contribution >= 0.6 is 0 Å². The van der Waals surface area contributed by atoms with Crippen molar-refractivity contribution < 1.29 is 14.3 Å². The Bertz CT molecular complexity index is 866. The van der Waals surface area contributed by atoms with Crippen LogP contribution in [0.2, 0.25) is 0 Å². The van der Waals surface area contributed by atoms with E-state index in [0.29, 0.717) is 5.82 Å². The number of benzene rings is 1. The molecule has 142 valence electrons. The van der Waals surface area contributed by atoms with Gasteiger partial charge in [0.1, 0.15) is 11.4 Å². The number of nitrogens with zero attached hydrogens (tertiary/aromatic N) is 2. The lowest BCUT2D eigenvalue weighted by Gasteiger charge is -2.36. The van der Waals surface area contributed by atoms with Crippen molar-refractivity contribution in [1.82, 2.24) is 9.78 Å². The highest BCUT2D eigenvalue weighted by atomic mass is 16.6. The maximum Gasteiger partial charge on any atom is 0.307 e. The van der Waals surface area contributed by atoms with Gasteiger partial charge in [0.25, 0.3) is 0 Å². The lowest BCUT2D eigenvalue weighted by Crippen LogP contribution is -2.43. The van der Waals surface area contributed by atoms with Crippen molar-refractivity contribution in [2.75, 3.05) is 5.32 Å². The van der Waals surface area contributed by atoms with Gasteiger partial charge in [-0.05, 0) is 32.6 Å². The van der Waals surface area contributed by atoms with Crippen molar-refractivity contribution in [2.24, 2.45) is 13.0 Å². The number of anilines is 1. The number of hydrogen-bond acceptors (Lipinski definition) is 4. The fraction of sp³-hybridized carbons (Fsp3) is 0.476. The summed E-state index contributed by atoms with van der Waals surface area (Å²) in [7, 11) is 1.82. The molecule has 1 saturated heterocycles. The summed E-state index contributed by atoms with van der Waals surface area (Å²) < 4.78 is 7.37. The summed E-state index contributed by atoms with van der Waals surface area (Å²) in [5.74, 6) is -0.166. The molecule has 1 aliphatic heterocycles. The molecule has 2 fully saturated rings. The van der Waals surface area contributed by atoms with Gasteiger partial charge in [0, 0.05) is 18.2 Å². The molecule has 4 rings (SSSR count). The van der Waals surface area contributed by atoms with Crippen molar-refractivity contribution >= 4 is 17.7 Å². The quantitative estimate of drug-likeness (QED) is 0.841. The van der Waals surface area contributed by atoms with Crippen LogP contribution in [0.25, 0.3) is 11.3 Å². The highest BCUT2D eigenvalue weighted by molar-refractivity contribution is 5.97. The van der Waals surface area contributed by atoms with E-state index in [-0.39, 0.29) is 18.3 Å². The zero-order valence-corrected chi connectivity index (χ0v) is 15.8. The van der Waals surface area contributed by atoms with Crippen molar-refractivity contribution in [1.29, 1.82) is 0 Å². The predicted molar refractivity (Wildman–Crippen MR) is 102 cm³/mol. The van der Waals surface area contributed by atoms with Gasteiger partial charge in [-0.3, -0.25) is 14.3 Å². The molecule has 1 aliphatic carbocycles. The van der Waals surface area contributed by atoms with E-state index in [1.54, 1.807) is 4.68 Å². The van der Waals surface area contributed by atoms with Crippen LogP contribution in [0.3, 0.4) is 0 Å². The first-order valence-electron chi connectivity index (χ1n) is 9.62. The van der Waals surface area contributed by atoms with Gasteiger partial charge in [-0.1, -0.05) is 36.8 Å². The third kappa shape index (κ3) is 3.13. The van der Waals surface area contributed by atoms with E-state index in [0.717, 1.165) is 48.9 Å². The summed E-state index contributed by atoms with van der Waals surface area (Å²) in [6, 6.07) is 9.90. The second-order valence-electron chi connectivity index (χ2n) is 7.66. The Morgan fingerprint density at radius 3 is 2.63 bits per heavy atom. The van der Waals surface area contributed by atoms with Crippen molar-refractivity contribution in [3.05, 3.63) is 35.9 Å². The Labute approximate surface area is 158 Å². The van der Waals surface area contributed by atoms with E-state index in [1.807, 2.05) is 44.3 Å². The molecule has 1 saturated carbocycles. The van der Waals surface area contributed by atoms with Crippen LogP contribution in [-0.2, 0) is 21.4 Å². The Morgan fingerprint density at radius 1 is 1.22 bits per heavy atom. The molecule has 1 unspecified atom stereocenters. The number of esters is 1. The molecule has 1 spiro atoms. The number of aryl methyl sites for hydroxylation is 1. The molecule has 1 N–H and O–H groups in total. The number of ether oxygens (including phenoxy) is 1. The average Bonchev–Trinajstić information content (AvgIpc) is 3.14. The molecule has 1 aromatic heterocycles. The molecule has 6 nitrogen and oxygen atoms in total. The topological polar surface area (TPSA) is 73.2 Å². The molecule has 2 aliphatic rings. The first kappa shape index (κ1) is 17.8. The summed E-state index contributed by atoms with van der Waals surface area (Å²) in [6.07, 6.45) is 4.84. The number of aromatic nitrogens is 2. The van der Waals surface area contributed by atoms with E-state index in [9.17, 15) is 9.59 Å². The van der Waals surface area contributed by atoms with Gasteiger partial charge in [0.05, 0.1) is 18.0 Å². The third-order valence-corrected chi connectivity index (χ3v) is 5.91. The Balaban J connectivity index is 1.60. The van der Waals surface area contributed by atoms with Crippen molar-refractivity contribution in [3.8, 4) is 11.3 Å². The molecular formula is C21H25N3O3. The maximum absolute atomic E-state index is 13.1. The van der Waals surface area contributed by atoms with E-state index in [2.05, 4.69) is 10.4 Å². The van der Waals surface area contributed by atoms with Crippen LogP contribution in [0, 0.1) is 12.8 Å². The van der Waals surface area contributed by atoms with Gasteiger partial charge in [-0.15, -0.1) is 0 Å². The number of nitrogens with one attached hydrogen (secondary N) is 1. The second kappa shape index (κ2) is 6.83. The van der Waals surface area contributed by atoms with E-state index < -0.39 is 11.5 Å². The molecule has 1 atom stereocenters. The largest absolute Gasteiger partial charge is 0.458 e. The Hall–Kier alpha value is -2.63. The normalized spacial score (nSPS) is 21.3. The predicted octanol–water partition coefficient (Wildman–Crippen LogP) is 3.60. The summed E-state index contributed by atoms with van der Waals surface area (Å²) in [5.41, 5.74) is 2.16. The second-order valence-corrected chi connectivity index (χ2v) is 7.66. The average molecular weight is 367 g/mol. The fourth-order valence-corrected chi connectivity index (χ4v) is 4.50. The van der Waals surface area contributed by atoms with Crippen LogP contribution in [0.15, 0.2) is 30.3 Å². The zero-order valence-electron chi connectivity index (χ0n) is 15.8. The SMILES string of the molecule is Cc1c(-c2ccccc2)nn(C)c1NC(=O)C1CC(=O)OC12CCCCC2. The molecule has 1 amide bonds. The molecule has 27 heavy (non-hydrogen) atoms. The number of carbonyl (C=O) groups is 2. The summed E-state index contributed by atoms with van der Waals surface area (Å²) in [6.45, 7) is 1.96. The van der Waals surface area contributed by atoms with Crippen molar-refractivity contribution in [2.45, 2.75) is 51.0 Å². The highest BCUT2D eigenvalue weighted by Crippen LogP contribution is 2.44. The Morgan fingerprint density at radius 2 is 1.93 bits per heavy atom. The van der Waals surface area contributed by atoms with Crippen molar-refractivity contribution in [3.63, 3.8) is 0 Å².